The van der Waals surface area contributed by atoms with Gasteiger partial charge in [-0.3, -0.25) is 0 Å². The van der Waals surface area contributed by atoms with E-state index in [1.54, 1.807) is 17.4 Å². The van der Waals surface area contributed by atoms with Gasteiger partial charge in [0.05, 0.1) is 4.47 Å². The highest BCUT2D eigenvalue weighted by Crippen LogP contribution is 2.36. The van der Waals surface area contributed by atoms with Crippen LogP contribution in [-0.4, -0.2) is 5.11 Å². The normalized spacial score (nSPS) is 10.8. The molecule has 0 saturated carbocycles. The Kier molecular flexibility index (Phi) is 2.14. The second kappa shape index (κ2) is 3.01. The minimum absolute atomic E-state index is 0.289. The highest BCUT2D eigenvalue weighted by Gasteiger charge is 2.05. The second-order valence-corrected chi connectivity index (χ2v) is 5.00. The summed E-state index contributed by atoms with van der Waals surface area (Å²) in [4.78, 5) is 0. The molecule has 0 saturated heterocycles. The van der Waals surface area contributed by atoms with Crippen molar-refractivity contribution >= 4 is 53.3 Å². The molecule has 1 aromatic carbocycles. The molecule has 0 aliphatic carbocycles. The average Bonchev–Trinajstić information content (AvgIpc) is 2.35. The molecule has 4 heteroatoms. The number of phenols is 1. The van der Waals surface area contributed by atoms with Gasteiger partial charge in [-0.2, -0.15) is 0 Å². The lowest BCUT2D eigenvalue weighted by atomic mass is 10.2. The Hall–Kier alpha value is -0.0600. The lowest BCUT2D eigenvalue weighted by Crippen LogP contribution is -1.68. The van der Waals surface area contributed by atoms with Crippen molar-refractivity contribution in [1.82, 2.24) is 0 Å². The molecule has 0 bridgehead atoms. The van der Waals surface area contributed by atoms with Crippen LogP contribution in [0.4, 0.5) is 0 Å². The molecule has 1 aromatic heterocycles. The lowest BCUT2D eigenvalue weighted by Gasteiger charge is -1.96. The molecule has 0 amide bonds. The van der Waals surface area contributed by atoms with E-state index >= 15 is 0 Å². The van der Waals surface area contributed by atoms with Gasteiger partial charge < -0.3 is 5.11 Å². The van der Waals surface area contributed by atoms with Crippen LogP contribution in [0.25, 0.3) is 10.1 Å². The Morgan fingerprint density at radius 2 is 1.92 bits per heavy atom. The van der Waals surface area contributed by atoms with Crippen molar-refractivity contribution in [3.8, 4) is 5.75 Å². The molecular formula is C8H4Br2OS. The Balaban J connectivity index is 2.87. The first kappa shape index (κ1) is 8.53. The predicted octanol–water partition coefficient (Wildman–Crippen LogP) is 4.13. The third kappa shape index (κ3) is 1.28. The molecule has 0 fully saturated rings. The summed E-state index contributed by atoms with van der Waals surface area (Å²) in [5, 5.41) is 12.5. The molecular weight excluding hydrogens is 304 g/mol. The average molecular weight is 308 g/mol. The fourth-order valence-corrected chi connectivity index (χ4v) is 2.92. The number of aromatic hydroxyl groups is 1. The van der Waals surface area contributed by atoms with Gasteiger partial charge in [-0.1, -0.05) is 0 Å². The summed E-state index contributed by atoms with van der Waals surface area (Å²) in [6, 6.07) is 3.67. The van der Waals surface area contributed by atoms with Crippen LogP contribution < -0.4 is 0 Å². The van der Waals surface area contributed by atoms with E-state index in [9.17, 15) is 5.11 Å². The first-order chi connectivity index (χ1) is 5.68. The topological polar surface area (TPSA) is 20.2 Å². The van der Waals surface area contributed by atoms with Crippen molar-refractivity contribution in [3.05, 3.63) is 26.5 Å². The van der Waals surface area contributed by atoms with Crippen LogP contribution in [0, 0.1) is 0 Å². The third-order valence-electron chi connectivity index (χ3n) is 1.60. The second-order valence-electron chi connectivity index (χ2n) is 2.38. The van der Waals surface area contributed by atoms with Crippen LogP contribution in [-0.2, 0) is 0 Å². The van der Waals surface area contributed by atoms with Crippen LogP contribution in [0.5, 0.6) is 5.75 Å². The fourth-order valence-electron chi connectivity index (χ4n) is 1.01. The number of hydrogen-bond donors (Lipinski definition) is 1. The molecule has 0 aliphatic heterocycles. The van der Waals surface area contributed by atoms with Crippen LogP contribution in [0.15, 0.2) is 26.5 Å². The molecule has 0 radical (unpaired) electrons. The van der Waals surface area contributed by atoms with Gasteiger partial charge in [0.1, 0.15) is 5.75 Å². The van der Waals surface area contributed by atoms with Crippen LogP contribution in [0.3, 0.4) is 0 Å². The zero-order chi connectivity index (χ0) is 8.72. The summed E-state index contributed by atoms with van der Waals surface area (Å²) in [7, 11) is 0. The number of rotatable bonds is 0. The van der Waals surface area contributed by atoms with E-state index in [4.69, 9.17) is 0 Å². The Morgan fingerprint density at radius 1 is 1.17 bits per heavy atom. The van der Waals surface area contributed by atoms with Crippen molar-refractivity contribution in [1.29, 1.82) is 0 Å². The number of halogens is 2. The maximum absolute atomic E-state index is 9.37. The van der Waals surface area contributed by atoms with Crippen LogP contribution >= 0.6 is 43.2 Å². The van der Waals surface area contributed by atoms with Crippen molar-refractivity contribution in [2.45, 2.75) is 0 Å². The molecule has 0 unspecified atom stereocenters. The molecule has 1 heterocycles. The van der Waals surface area contributed by atoms with Gasteiger partial charge in [0.15, 0.2) is 0 Å². The number of thiophene rings is 1. The van der Waals surface area contributed by atoms with Gasteiger partial charge in [0.2, 0.25) is 0 Å². The molecule has 0 atom stereocenters. The van der Waals surface area contributed by atoms with Gasteiger partial charge in [-0.25, -0.2) is 0 Å². The summed E-state index contributed by atoms with van der Waals surface area (Å²) < 4.78 is 2.89. The van der Waals surface area contributed by atoms with E-state index in [0.717, 1.165) is 19.0 Å². The third-order valence-corrected chi connectivity index (χ3v) is 4.14. The van der Waals surface area contributed by atoms with Crippen molar-refractivity contribution in [2.24, 2.45) is 0 Å². The zero-order valence-electron chi connectivity index (χ0n) is 5.84. The van der Waals surface area contributed by atoms with Crippen LogP contribution in [0.1, 0.15) is 0 Å². The van der Waals surface area contributed by atoms with Gasteiger partial charge in [0, 0.05) is 19.9 Å². The Labute approximate surface area is 90.3 Å². The van der Waals surface area contributed by atoms with E-state index in [1.165, 1.54) is 0 Å². The van der Waals surface area contributed by atoms with E-state index in [1.807, 2.05) is 11.4 Å². The van der Waals surface area contributed by atoms with Gasteiger partial charge in [-0.05, 0) is 44.0 Å². The first-order valence-electron chi connectivity index (χ1n) is 3.23. The van der Waals surface area contributed by atoms with Gasteiger partial charge >= 0.3 is 0 Å². The summed E-state index contributed by atoms with van der Waals surface area (Å²) in [5.41, 5.74) is 0. The van der Waals surface area contributed by atoms with Crippen molar-refractivity contribution in [2.75, 3.05) is 0 Å². The molecule has 0 spiro atoms. The van der Waals surface area contributed by atoms with Gasteiger partial charge in [0.25, 0.3) is 0 Å². The summed E-state index contributed by atoms with van der Waals surface area (Å²) in [5.74, 6) is 0.289. The number of benzene rings is 1. The minimum atomic E-state index is 0.289. The molecule has 2 aromatic rings. The van der Waals surface area contributed by atoms with E-state index in [0.29, 0.717) is 0 Å². The summed E-state index contributed by atoms with van der Waals surface area (Å²) in [6.07, 6.45) is 0. The lowest BCUT2D eigenvalue weighted by molar-refractivity contribution is 0.473. The SMILES string of the molecule is Oc1cc2scc(Br)c2cc1Br. The quantitative estimate of drug-likeness (QED) is 0.776. The first-order valence-corrected chi connectivity index (χ1v) is 5.70. The smallest absolute Gasteiger partial charge is 0.131 e. The van der Waals surface area contributed by atoms with E-state index in [2.05, 4.69) is 31.9 Å². The van der Waals surface area contributed by atoms with Crippen molar-refractivity contribution in [3.63, 3.8) is 0 Å². The molecule has 1 nitrogen and oxygen atoms in total. The van der Waals surface area contributed by atoms with E-state index < -0.39 is 0 Å². The Morgan fingerprint density at radius 3 is 2.67 bits per heavy atom. The molecule has 2 rings (SSSR count). The molecule has 12 heavy (non-hydrogen) atoms. The van der Waals surface area contributed by atoms with Crippen LogP contribution in [0.2, 0.25) is 0 Å². The van der Waals surface area contributed by atoms with E-state index in [-0.39, 0.29) is 5.75 Å². The molecule has 62 valence electrons. The standard InChI is InChI=1S/C8H4Br2OS/c9-5-1-4-6(10)3-12-8(4)2-7(5)11/h1-3,11H. The molecule has 0 aliphatic rings. The fraction of sp³-hybridized carbons (Fsp3) is 0. The van der Waals surface area contributed by atoms with Gasteiger partial charge in [-0.15, -0.1) is 11.3 Å². The number of hydrogen-bond acceptors (Lipinski definition) is 2. The largest absolute Gasteiger partial charge is 0.507 e. The zero-order valence-corrected chi connectivity index (χ0v) is 9.83. The number of phenolic OH excluding ortho intramolecular Hbond substituents is 1. The minimum Gasteiger partial charge on any atom is -0.507 e. The summed E-state index contributed by atoms with van der Waals surface area (Å²) >= 11 is 8.31. The highest BCUT2D eigenvalue weighted by molar-refractivity contribution is 9.11. The maximum Gasteiger partial charge on any atom is 0.131 e. The molecule has 1 N–H and O–H groups in total. The van der Waals surface area contributed by atoms with Crippen molar-refractivity contribution < 1.29 is 5.11 Å². The monoisotopic (exact) mass is 306 g/mol. The summed E-state index contributed by atoms with van der Waals surface area (Å²) in [6.45, 7) is 0. The Bertz CT molecular complexity index is 436. The maximum atomic E-state index is 9.37. The highest BCUT2D eigenvalue weighted by atomic mass is 79.9. The number of fused-ring (bicyclic) bond motifs is 1. The predicted molar refractivity (Wildman–Crippen MR) is 58.9 cm³/mol.